The van der Waals surface area contributed by atoms with Gasteiger partial charge in [0.2, 0.25) is 0 Å². The molecule has 1 saturated heterocycles. The number of ether oxygens (including phenoxy) is 1. The fourth-order valence-electron chi connectivity index (χ4n) is 1.41. The summed E-state index contributed by atoms with van der Waals surface area (Å²) in [6, 6.07) is 0. The highest BCUT2D eigenvalue weighted by Gasteiger charge is 2.26. The van der Waals surface area contributed by atoms with Crippen LogP contribution >= 0.6 is 12.6 Å². The molecule has 1 aliphatic rings. The van der Waals surface area contributed by atoms with Gasteiger partial charge in [-0.3, -0.25) is 9.69 Å². The molecule has 0 radical (unpaired) electrons. The van der Waals surface area contributed by atoms with Gasteiger partial charge in [-0.1, -0.05) is 18.5 Å². The largest absolute Gasteiger partial charge is 0.379 e. The Bertz CT molecular complexity index is 272. The van der Waals surface area contributed by atoms with Gasteiger partial charge in [-0.25, -0.2) is 0 Å². The average molecular weight is 213 g/mol. The zero-order valence-electron chi connectivity index (χ0n) is 8.54. The van der Waals surface area contributed by atoms with Crippen LogP contribution in [0, 0.1) is 11.8 Å². The number of hydrogen-bond acceptors (Lipinski definition) is 3. The van der Waals surface area contributed by atoms with Crippen LogP contribution in [0.25, 0.3) is 0 Å². The molecule has 78 valence electrons. The molecule has 0 amide bonds. The summed E-state index contributed by atoms with van der Waals surface area (Å²) in [5.74, 6) is 5.40. The summed E-state index contributed by atoms with van der Waals surface area (Å²) in [4.78, 5) is 12.8. The standard InChI is InChI=1S/C10H15NO2S/c1-10(2,4-3-9(12)14)11-5-7-13-8-6-11/h5-8H2,1-2H3,(H,12,14). The minimum absolute atomic E-state index is 0.276. The van der Waals surface area contributed by atoms with Crippen LogP contribution in [0.2, 0.25) is 0 Å². The van der Waals surface area contributed by atoms with Crippen molar-refractivity contribution in [2.75, 3.05) is 26.3 Å². The number of morpholine rings is 1. The Labute approximate surface area is 90.2 Å². The van der Waals surface area contributed by atoms with E-state index in [1.807, 2.05) is 13.8 Å². The Morgan fingerprint density at radius 1 is 1.43 bits per heavy atom. The zero-order chi connectivity index (χ0) is 10.6. The van der Waals surface area contributed by atoms with Gasteiger partial charge >= 0.3 is 0 Å². The monoisotopic (exact) mass is 213 g/mol. The second kappa shape index (κ2) is 4.83. The first-order valence-electron chi connectivity index (χ1n) is 4.61. The van der Waals surface area contributed by atoms with Crippen LogP contribution < -0.4 is 0 Å². The van der Waals surface area contributed by atoms with E-state index in [1.54, 1.807) is 0 Å². The molecule has 0 unspecified atom stereocenters. The first-order chi connectivity index (χ1) is 6.52. The summed E-state index contributed by atoms with van der Waals surface area (Å²) in [6.45, 7) is 7.20. The maximum absolute atomic E-state index is 10.6. The fourth-order valence-corrected chi connectivity index (χ4v) is 1.46. The predicted octanol–water partition coefficient (Wildman–Crippen LogP) is 0.557. The van der Waals surface area contributed by atoms with Crippen LogP contribution in [0.5, 0.6) is 0 Å². The van der Waals surface area contributed by atoms with Gasteiger partial charge in [-0.2, -0.15) is 0 Å². The lowest BCUT2D eigenvalue weighted by Crippen LogP contribution is -2.49. The second-order valence-corrected chi connectivity index (χ2v) is 4.12. The highest BCUT2D eigenvalue weighted by Crippen LogP contribution is 2.14. The second-order valence-electron chi connectivity index (χ2n) is 3.71. The van der Waals surface area contributed by atoms with Gasteiger partial charge in [0.15, 0.2) is 0 Å². The van der Waals surface area contributed by atoms with Crippen molar-refractivity contribution in [1.29, 1.82) is 0 Å². The maximum atomic E-state index is 10.6. The predicted molar refractivity (Wildman–Crippen MR) is 58.2 cm³/mol. The van der Waals surface area contributed by atoms with Crippen molar-refractivity contribution < 1.29 is 9.53 Å². The lowest BCUT2D eigenvalue weighted by atomic mass is 10.0. The van der Waals surface area contributed by atoms with E-state index in [1.165, 1.54) is 0 Å². The van der Waals surface area contributed by atoms with Crippen LogP contribution in [-0.2, 0) is 9.53 Å². The first-order valence-corrected chi connectivity index (χ1v) is 5.06. The van der Waals surface area contributed by atoms with Gasteiger partial charge < -0.3 is 4.74 Å². The number of nitrogens with zero attached hydrogens (tertiary/aromatic N) is 1. The first kappa shape index (κ1) is 11.6. The van der Waals surface area contributed by atoms with Gasteiger partial charge in [0.1, 0.15) is 0 Å². The van der Waals surface area contributed by atoms with Crippen molar-refractivity contribution in [2.24, 2.45) is 0 Å². The molecular formula is C10H15NO2S. The molecule has 0 spiro atoms. The molecule has 0 aromatic carbocycles. The van der Waals surface area contributed by atoms with Crippen LogP contribution in [0.15, 0.2) is 0 Å². The third kappa shape index (κ3) is 3.33. The normalized spacial score (nSPS) is 18.5. The van der Waals surface area contributed by atoms with Crippen molar-refractivity contribution in [1.82, 2.24) is 4.90 Å². The number of hydrogen-bond donors (Lipinski definition) is 1. The SMILES string of the molecule is CC(C)(C#CC(=O)S)N1CCOCC1. The number of carbonyl (C=O) groups is 1. The number of thiol groups is 1. The Balaban J connectivity index is 2.64. The Hall–Kier alpha value is -0.500. The molecular weight excluding hydrogens is 198 g/mol. The molecule has 1 heterocycles. The van der Waals surface area contributed by atoms with E-state index in [0.717, 1.165) is 26.3 Å². The lowest BCUT2D eigenvalue weighted by molar-refractivity contribution is -0.106. The van der Waals surface area contributed by atoms with Crippen molar-refractivity contribution in [3.05, 3.63) is 0 Å². The van der Waals surface area contributed by atoms with E-state index < -0.39 is 0 Å². The number of rotatable bonds is 1. The number of carbonyl (C=O) groups excluding carboxylic acids is 1. The molecule has 14 heavy (non-hydrogen) atoms. The van der Waals surface area contributed by atoms with E-state index in [0.29, 0.717) is 0 Å². The average Bonchev–Trinajstić information content (AvgIpc) is 2.16. The van der Waals surface area contributed by atoms with E-state index >= 15 is 0 Å². The summed E-state index contributed by atoms with van der Waals surface area (Å²) in [5.41, 5.74) is -0.276. The third-order valence-corrected chi connectivity index (χ3v) is 2.39. The molecule has 0 N–H and O–H groups in total. The van der Waals surface area contributed by atoms with Crippen LogP contribution in [0.3, 0.4) is 0 Å². The highest BCUT2D eigenvalue weighted by molar-refractivity contribution is 7.97. The molecule has 0 bridgehead atoms. The van der Waals surface area contributed by atoms with Gasteiger partial charge in [-0.15, -0.1) is 0 Å². The van der Waals surface area contributed by atoms with E-state index in [4.69, 9.17) is 4.74 Å². The fraction of sp³-hybridized carbons (Fsp3) is 0.700. The Morgan fingerprint density at radius 2 is 2.00 bits per heavy atom. The molecule has 0 aliphatic carbocycles. The molecule has 1 fully saturated rings. The molecule has 1 aliphatic heterocycles. The minimum atomic E-state index is -0.383. The quantitative estimate of drug-likeness (QED) is 0.510. The van der Waals surface area contributed by atoms with Gasteiger partial charge in [-0.05, 0) is 19.8 Å². The van der Waals surface area contributed by atoms with Crippen LogP contribution in [0.1, 0.15) is 13.8 Å². The lowest BCUT2D eigenvalue weighted by Gasteiger charge is -2.37. The van der Waals surface area contributed by atoms with E-state index in [9.17, 15) is 4.79 Å². The zero-order valence-corrected chi connectivity index (χ0v) is 9.43. The van der Waals surface area contributed by atoms with Gasteiger partial charge in [0.05, 0.1) is 18.8 Å². The summed E-state index contributed by atoms with van der Waals surface area (Å²) < 4.78 is 5.25. The maximum Gasteiger partial charge on any atom is 0.259 e. The minimum Gasteiger partial charge on any atom is -0.379 e. The molecule has 3 nitrogen and oxygen atoms in total. The highest BCUT2D eigenvalue weighted by atomic mass is 32.1. The van der Waals surface area contributed by atoms with Gasteiger partial charge in [0.25, 0.3) is 5.12 Å². The molecule has 0 aromatic heterocycles. The smallest absolute Gasteiger partial charge is 0.259 e. The summed E-state index contributed by atoms with van der Waals surface area (Å²) in [5, 5.41) is -0.383. The summed E-state index contributed by atoms with van der Waals surface area (Å²) >= 11 is 3.62. The van der Waals surface area contributed by atoms with Crippen LogP contribution in [0.4, 0.5) is 0 Å². The van der Waals surface area contributed by atoms with Gasteiger partial charge in [0, 0.05) is 13.1 Å². The van der Waals surface area contributed by atoms with E-state index in [2.05, 4.69) is 29.4 Å². The Kier molecular flexibility index (Phi) is 3.99. The van der Waals surface area contributed by atoms with Crippen molar-refractivity contribution >= 4 is 17.7 Å². The summed E-state index contributed by atoms with van der Waals surface area (Å²) in [6.07, 6.45) is 0. The summed E-state index contributed by atoms with van der Waals surface area (Å²) in [7, 11) is 0. The molecule has 1 rings (SSSR count). The molecule has 0 saturated carbocycles. The van der Waals surface area contributed by atoms with Crippen molar-refractivity contribution in [3.63, 3.8) is 0 Å². The van der Waals surface area contributed by atoms with E-state index in [-0.39, 0.29) is 10.7 Å². The third-order valence-electron chi connectivity index (χ3n) is 2.28. The van der Waals surface area contributed by atoms with Crippen LogP contribution in [-0.4, -0.2) is 41.9 Å². The Morgan fingerprint density at radius 3 is 2.50 bits per heavy atom. The van der Waals surface area contributed by atoms with Crippen molar-refractivity contribution in [2.45, 2.75) is 19.4 Å². The van der Waals surface area contributed by atoms with Crippen molar-refractivity contribution in [3.8, 4) is 11.8 Å². The molecule has 4 heteroatoms. The molecule has 0 atom stereocenters. The topological polar surface area (TPSA) is 29.5 Å². The molecule has 0 aromatic rings.